The lowest BCUT2D eigenvalue weighted by Crippen LogP contribution is -2.92. The summed E-state index contributed by atoms with van der Waals surface area (Å²) in [4.78, 5) is 0. The van der Waals surface area contributed by atoms with Crippen molar-refractivity contribution in [1.82, 2.24) is 0 Å². The van der Waals surface area contributed by atoms with Gasteiger partial charge in [-0.05, 0) is 36.5 Å². The fraction of sp³-hybridized carbons (Fsp3) is 0.667. The minimum absolute atomic E-state index is 0.134. The molecule has 0 spiro atoms. The molecule has 4 nitrogen and oxygen atoms in total. The third-order valence-electron chi connectivity index (χ3n) is 3.71. The van der Waals surface area contributed by atoms with Gasteiger partial charge in [-0.15, -0.1) is 0 Å². The molecular weight excluding hydrogens is 278 g/mol. The number of aliphatic hydroxyl groups is 1. The van der Waals surface area contributed by atoms with Crippen molar-refractivity contribution in [2.75, 3.05) is 26.9 Å². The van der Waals surface area contributed by atoms with E-state index >= 15 is 0 Å². The number of nitrogens with two attached hydrogens (primary N) is 1. The molecule has 0 aliphatic heterocycles. The van der Waals surface area contributed by atoms with Crippen molar-refractivity contribution in [3.05, 3.63) is 29.3 Å². The fourth-order valence-corrected chi connectivity index (χ4v) is 2.25. The molecule has 0 amide bonds. The maximum Gasteiger partial charge on any atom is 0.137 e. The molecule has 0 aliphatic carbocycles. The lowest BCUT2D eigenvalue weighted by molar-refractivity contribution is -0.693. The smallest absolute Gasteiger partial charge is 0.137 e. The Bertz CT molecular complexity index is 454. The molecule has 1 rings (SSSR count). The summed E-state index contributed by atoms with van der Waals surface area (Å²) in [5.41, 5.74) is 2.53. The molecule has 4 heteroatoms. The lowest BCUT2D eigenvalue weighted by Gasteiger charge is -2.21. The van der Waals surface area contributed by atoms with Crippen LogP contribution in [0.4, 0.5) is 0 Å². The molecule has 0 radical (unpaired) electrons. The number of quaternary nitrogens is 1. The molecule has 0 aromatic heterocycles. The summed E-state index contributed by atoms with van der Waals surface area (Å²) in [6, 6.07) is 6.60. The van der Waals surface area contributed by atoms with E-state index in [9.17, 15) is 5.11 Å². The number of ether oxygens (including phenoxy) is 2. The molecule has 0 bridgehead atoms. The van der Waals surface area contributed by atoms with Crippen LogP contribution < -0.4 is 10.1 Å². The van der Waals surface area contributed by atoms with Crippen LogP contribution in [-0.4, -0.2) is 44.1 Å². The summed E-state index contributed by atoms with van der Waals surface area (Å²) in [6.45, 7) is 12.3. The molecular formula is C18H32NO3+. The number of rotatable bonds is 8. The molecule has 0 heterocycles. The van der Waals surface area contributed by atoms with Crippen molar-refractivity contribution < 1.29 is 19.9 Å². The number of hydrogen-bond acceptors (Lipinski definition) is 3. The molecule has 0 aliphatic rings. The van der Waals surface area contributed by atoms with E-state index in [0.29, 0.717) is 25.8 Å². The molecule has 1 aromatic rings. The van der Waals surface area contributed by atoms with E-state index in [4.69, 9.17) is 9.47 Å². The van der Waals surface area contributed by atoms with Gasteiger partial charge < -0.3 is 19.9 Å². The van der Waals surface area contributed by atoms with E-state index in [0.717, 1.165) is 11.3 Å². The van der Waals surface area contributed by atoms with Crippen LogP contribution in [0.1, 0.15) is 38.8 Å². The number of benzene rings is 1. The van der Waals surface area contributed by atoms with Crippen LogP contribution in [0.2, 0.25) is 0 Å². The van der Waals surface area contributed by atoms with Gasteiger partial charge in [-0.2, -0.15) is 0 Å². The van der Waals surface area contributed by atoms with Gasteiger partial charge in [0.05, 0.1) is 6.61 Å². The van der Waals surface area contributed by atoms with Gasteiger partial charge in [-0.25, -0.2) is 0 Å². The van der Waals surface area contributed by atoms with Crippen molar-refractivity contribution in [2.45, 2.75) is 52.2 Å². The van der Waals surface area contributed by atoms with E-state index in [-0.39, 0.29) is 5.41 Å². The summed E-state index contributed by atoms with van der Waals surface area (Å²) in [5, 5.41) is 12.1. The summed E-state index contributed by atoms with van der Waals surface area (Å²) in [5.74, 6) is 0.844. The van der Waals surface area contributed by atoms with Gasteiger partial charge in [0.1, 0.15) is 31.0 Å². The van der Waals surface area contributed by atoms with Crippen molar-refractivity contribution in [2.24, 2.45) is 0 Å². The summed E-state index contributed by atoms with van der Waals surface area (Å²) < 4.78 is 10.8. The second-order valence-corrected chi connectivity index (χ2v) is 7.10. The van der Waals surface area contributed by atoms with Crippen LogP contribution in [-0.2, 0) is 10.2 Å². The maximum atomic E-state index is 10.0. The van der Waals surface area contributed by atoms with Crippen molar-refractivity contribution in [3.63, 3.8) is 0 Å². The Morgan fingerprint density at radius 1 is 1.23 bits per heavy atom. The minimum Gasteiger partial charge on any atom is -0.490 e. The second-order valence-electron chi connectivity index (χ2n) is 7.10. The first-order valence-electron chi connectivity index (χ1n) is 7.98. The SMILES string of the molecule is COC[C@@H](C)[NH2+]C[C@H](O)COc1ccc(C(C)(C)C)cc1C. The standard InChI is InChI=1S/C18H31NO3/c1-13-9-15(18(3,4)5)7-8-17(13)22-12-16(20)10-19-14(2)11-21-6/h7-9,14,16,19-20H,10-12H2,1-6H3/p+1/t14-,16+/m1/s1. The van der Waals surface area contributed by atoms with Crippen LogP contribution in [0.15, 0.2) is 18.2 Å². The Morgan fingerprint density at radius 2 is 1.91 bits per heavy atom. The molecule has 126 valence electrons. The monoisotopic (exact) mass is 310 g/mol. The summed E-state index contributed by atoms with van der Waals surface area (Å²) in [6.07, 6.45) is -0.485. The largest absolute Gasteiger partial charge is 0.490 e. The number of hydrogen-bond donors (Lipinski definition) is 2. The molecule has 0 fully saturated rings. The normalized spacial score (nSPS) is 14.7. The first-order valence-corrected chi connectivity index (χ1v) is 7.98. The molecule has 2 atom stereocenters. The maximum absolute atomic E-state index is 10.0. The fourth-order valence-electron chi connectivity index (χ4n) is 2.25. The average Bonchev–Trinajstić information content (AvgIpc) is 2.43. The highest BCUT2D eigenvalue weighted by Crippen LogP contribution is 2.27. The van der Waals surface area contributed by atoms with Gasteiger partial charge >= 0.3 is 0 Å². The Kier molecular flexibility index (Phi) is 7.33. The van der Waals surface area contributed by atoms with E-state index in [2.05, 4.69) is 45.1 Å². The van der Waals surface area contributed by atoms with Gasteiger partial charge in [0.2, 0.25) is 0 Å². The Morgan fingerprint density at radius 3 is 2.45 bits per heavy atom. The topological polar surface area (TPSA) is 55.3 Å². The third-order valence-corrected chi connectivity index (χ3v) is 3.71. The summed E-state index contributed by atoms with van der Waals surface area (Å²) >= 11 is 0. The first kappa shape index (κ1) is 18.9. The van der Waals surface area contributed by atoms with Crippen LogP contribution in [0, 0.1) is 6.92 Å². The third kappa shape index (κ3) is 6.34. The Hall–Kier alpha value is -1.10. The lowest BCUT2D eigenvalue weighted by atomic mass is 9.86. The molecule has 0 unspecified atom stereocenters. The highest BCUT2D eigenvalue weighted by Gasteiger charge is 2.16. The number of aliphatic hydroxyl groups excluding tert-OH is 1. The average molecular weight is 310 g/mol. The van der Waals surface area contributed by atoms with Gasteiger partial charge in [-0.1, -0.05) is 32.9 Å². The highest BCUT2D eigenvalue weighted by molar-refractivity contribution is 5.38. The Balaban J connectivity index is 2.47. The van der Waals surface area contributed by atoms with Gasteiger partial charge in [0.25, 0.3) is 0 Å². The molecule has 0 saturated carbocycles. The van der Waals surface area contributed by atoms with Crippen LogP contribution >= 0.6 is 0 Å². The van der Waals surface area contributed by atoms with Gasteiger partial charge in [0.15, 0.2) is 0 Å². The van der Waals surface area contributed by atoms with Gasteiger partial charge in [0, 0.05) is 7.11 Å². The quantitative estimate of drug-likeness (QED) is 0.767. The molecule has 3 N–H and O–H groups in total. The van der Waals surface area contributed by atoms with E-state index in [1.807, 2.05) is 13.0 Å². The first-order chi connectivity index (χ1) is 10.2. The predicted molar refractivity (Wildman–Crippen MR) is 89.5 cm³/mol. The van der Waals surface area contributed by atoms with Crippen LogP contribution in [0.3, 0.4) is 0 Å². The van der Waals surface area contributed by atoms with Crippen molar-refractivity contribution in [3.8, 4) is 5.75 Å². The summed E-state index contributed by atoms with van der Waals surface area (Å²) in [7, 11) is 1.69. The molecule has 1 aromatic carbocycles. The zero-order valence-electron chi connectivity index (χ0n) is 14.8. The van der Waals surface area contributed by atoms with Crippen LogP contribution in [0.5, 0.6) is 5.75 Å². The number of aryl methyl sites for hydroxylation is 1. The zero-order valence-corrected chi connectivity index (χ0v) is 14.8. The van der Waals surface area contributed by atoms with Crippen molar-refractivity contribution >= 4 is 0 Å². The molecule has 0 saturated heterocycles. The van der Waals surface area contributed by atoms with E-state index in [1.54, 1.807) is 7.11 Å². The zero-order chi connectivity index (χ0) is 16.8. The van der Waals surface area contributed by atoms with Crippen molar-refractivity contribution in [1.29, 1.82) is 0 Å². The highest BCUT2D eigenvalue weighted by atomic mass is 16.5. The molecule has 22 heavy (non-hydrogen) atoms. The Labute approximate surface area is 134 Å². The second kappa shape index (κ2) is 8.51. The number of methoxy groups -OCH3 is 1. The van der Waals surface area contributed by atoms with Gasteiger partial charge in [-0.3, -0.25) is 0 Å². The minimum atomic E-state index is -0.485. The van der Waals surface area contributed by atoms with E-state index in [1.165, 1.54) is 5.56 Å². The predicted octanol–water partition coefficient (Wildman–Crippen LogP) is 1.63. The van der Waals surface area contributed by atoms with E-state index < -0.39 is 6.10 Å². The van der Waals surface area contributed by atoms with Crippen LogP contribution in [0.25, 0.3) is 0 Å².